The van der Waals surface area contributed by atoms with Gasteiger partial charge in [0.1, 0.15) is 12.4 Å². The number of fused-ring (bicyclic) bond motifs is 2. The third-order valence-electron chi connectivity index (χ3n) is 2.88. The normalized spacial score (nSPS) is 30.1. The molecule has 74 valence electrons. The molecule has 0 aromatic heterocycles. The van der Waals surface area contributed by atoms with Crippen molar-refractivity contribution in [1.29, 1.82) is 0 Å². The minimum Gasteiger partial charge on any atom is -0.428 e. The largest absolute Gasteiger partial charge is 0.428 e. The SMILES string of the molecule is O=C1OC=CN2OC3CCCCC3=C12. The molecule has 3 aliphatic rings. The van der Waals surface area contributed by atoms with Crippen LogP contribution in [0.15, 0.2) is 23.7 Å². The van der Waals surface area contributed by atoms with Crippen molar-refractivity contribution >= 4 is 5.97 Å². The Morgan fingerprint density at radius 2 is 2.36 bits per heavy atom. The molecule has 0 aromatic rings. The maximum Gasteiger partial charge on any atom is 0.362 e. The Bertz CT molecular complexity index is 345. The molecule has 1 atom stereocenters. The second kappa shape index (κ2) is 2.85. The molecule has 0 radical (unpaired) electrons. The van der Waals surface area contributed by atoms with E-state index in [2.05, 4.69) is 0 Å². The molecule has 4 heteroatoms. The van der Waals surface area contributed by atoms with Crippen LogP contribution in [0.4, 0.5) is 0 Å². The second-order valence-corrected chi connectivity index (χ2v) is 3.73. The van der Waals surface area contributed by atoms with Gasteiger partial charge in [0, 0.05) is 0 Å². The molecule has 2 heterocycles. The van der Waals surface area contributed by atoms with E-state index in [0.29, 0.717) is 5.70 Å². The van der Waals surface area contributed by atoms with Crippen molar-refractivity contribution in [3.05, 3.63) is 23.7 Å². The van der Waals surface area contributed by atoms with Crippen LogP contribution in [0.3, 0.4) is 0 Å². The van der Waals surface area contributed by atoms with Gasteiger partial charge in [-0.05, 0) is 24.8 Å². The quantitative estimate of drug-likeness (QED) is 0.546. The number of ether oxygens (including phenoxy) is 1. The summed E-state index contributed by atoms with van der Waals surface area (Å²) in [7, 11) is 0. The molecule has 0 N–H and O–H groups in total. The van der Waals surface area contributed by atoms with Crippen LogP contribution in [0, 0.1) is 0 Å². The van der Waals surface area contributed by atoms with Gasteiger partial charge < -0.3 is 4.74 Å². The van der Waals surface area contributed by atoms with Crippen LogP contribution in [-0.4, -0.2) is 17.1 Å². The van der Waals surface area contributed by atoms with E-state index in [-0.39, 0.29) is 12.1 Å². The van der Waals surface area contributed by atoms with Crippen molar-refractivity contribution in [2.75, 3.05) is 0 Å². The van der Waals surface area contributed by atoms with Crippen LogP contribution >= 0.6 is 0 Å². The van der Waals surface area contributed by atoms with E-state index < -0.39 is 0 Å². The molecule has 0 amide bonds. The summed E-state index contributed by atoms with van der Waals surface area (Å²) in [5.74, 6) is -0.285. The third-order valence-corrected chi connectivity index (χ3v) is 2.88. The van der Waals surface area contributed by atoms with Gasteiger partial charge in [-0.3, -0.25) is 4.84 Å². The zero-order valence-corrected chi connectivity index (χ0v) is 7.73. The van der Waals surface area contributed by atoms with E-state index in [1.165, 1.54) is 12.7 Å². The van der Waals surface area contributed by atoms with Gasteiger partial charge in [-0.15, -0.1) is 0 Å². The molecule has 4 nitrogen and oxygen atoms in total. The molecule has 0 spiro atoms. The van der Waals surface area contributed by atoms with Gasteiger partial charge in [-0.1, -0.05) is 6.42 Å². The Morgan fingerprint density at radius 3 is 3.29 bits per heavy atom. The van der Waals surface area contributed by atoms with Crippen molar-refractivity contribution in [2.45, 2.75) is 31.8 Å². The summed E-state index contributed by atoms with van der Waals surface area (Å²) in [4.78, 5) is 17.1. The summed E-state index contributed by atoms with van der Waals surface area (Å²) in [5.41, 5.74) is 1.72. The number of esters is 1. The summed E-state index contributed by atoms with van der Waals surface area (Å²) < 4.78 is 4.84. The lowest BCUT2D eigenvalue weighted by Gasteiger charge is -2.19. The smallest absolute Gasteiger partial charge is 0.362 e. The zero-order chi connectivity index (χ0) is 9.54. The molecule has 0 bridgehead atoms. The number of carbonyl (C=O) groups is 1. The molecule has 14 heavy (non-hydrogen) atoms. The fourth-order valence-corrected chi connectivity index (χ4v) is 2.23. The number of hydrogen-bond donors (Lipinski definition) is 0. The molecule has 1 saturated carbocycles. The fourth-order valence-electron chi connectivity index (χ4n) is 2.23. The Balaban J connectivity index is 2.03. The van der Waals surface area contributed by atoms with E-state index in [4.69, 9.17) is 9.57 Å². The van der Waals surface area contributed by atoms with Gasteiger partial charge in [0.15, 0.2) is 5.70 Å². The van der Waals surface area contributed by atoms with Gasteiger partial charge in [-0.2, -0.15) is 0 Å². The summed E-state index contributed by atoms with van der Waals surface area (Å²) in [6.45, 7) is 0. The highest BCUT2D eigenvalue weighted by atomic mass is 16.7. The van der Waals surface area contributed by atoms with Crippen LogP contribution in [0.2, 0.25) is 0 Å². The number of cyclic esters (lactones) is 1. The summed E-state index contributed by atoms with van der Waals surface area (Å²) in [6, 6.07) is 0. The predicted octanol–water partition coefficient (Wildman–Crippen LogP) is 1.46. The highest BCUT2D eigenvalue weighted by Gasteiger charge is 2.39. The number of rotatable bonds is 0. The number of hydroxylamine groups is 2. The van der Waals surface area contributed by atoms with Gasteiger partial charge in [0.25, 0.3) is 0 Å². The average Bonchev–Trinajstić information content (AvgIpc) is 2.57. The minimum atomic E-state index is -0.285. The lowest BCUT2D eigenvalue weighted by molar-refractivity contribution is -0.151. The van der Waals surface area contributed by atoms with Crippen molar-refractivity contribution in [1.82, 2.24) is 5.06 Å². The van der Waals surface area contributed by atoms with Crippen LogP contribution in [0.25, 0.3) is 0 Å². The minimum absolute atomic E-state index is 0.106. The van der Waals surface area contributed by atoms with Crippen molar-refractivity contribution in [2.24, 2.45) is 0 Å². The van der Waals surface area contributed by atoms with Crippen molar-refractivity contribution in [3.63, 3.8) is 0 Å². The Morgan fingerprint density at radius 1 is 1.43 bits per heavy atom. The lowest BCUT2D eigenvalue weighted by Crippen LogP contribution is -2.23. The maximum absolute atomic E-state index is 11.5. The molecular formula is C10H11NO3. The molecule has 1 fully saturated rings. The number of nitrogens with zero attached hydrogens (tertiary/aromatic N) is 1. The molecule has 2 aliphatic heterocycles. The molecule has 0 saturated heterocycles. The summed E-state index contributed by atoms with van der Waals surface area (Å²) >= 11 is 0. The summed E-state index contributed by atoms with van der Waals surface area (Å²) in [6.07, 6.45) is 7.41. The first-order chi connectivity index (χ1) is 6.86. The number of carbonyl (C=O) groups excluding carboxylic acids is 1. The van der Waals surface area contributed by atoms with Crippen LogP contribution in [-0.2, 0) is 14.4 Å². The monoisotopic (exact) mass is 193 g/mol. The van der Waals surface area contributed by atoms with E-state index in [1.54, 1.807) is 11.3 Å². The Labute approximate surface area is 81.7 Å². The number of hydrogen-bond acceptors (Lipinski definition) is 4. The molecular weight excluding hydrogens is 182 g/mol. The topological polar surface area (TPSA) is 38.8 Å². The fraction of sp³-hybridized carbons (Fsp3) is 0.500. The maximum atomic E-state index is 11.5. The third kappa shape index (κ3) is 1.00. The van der Waals surface area contributed by atoms with Crippen LogP contribution < -0.4 is 0 Å². The molecule has 1 aliphatic carbocycles. The first-order valence-electron chi connectivity index (χ1n) is 4.93. The van der Waals surface area contributed by atoms with E-state index >= 15 is 0 Å². The van der Waals surface area contributed by atoms with Gasteiger partial charge in [0.05, 0.1) is 6.20 Å². The summed E-state index contributed by atoms with van der Waals surface area (Å²) in [5, 5.41) is 1.55. The van der Waals surface area contributed by atoms with Crippen molar-refractivity contribution < 1.29 is 14.4 Å². The van der Waals surface area contributed by atoms with Gasteiger partial charge in [-0.25, -0.2) is 9.86 Å². The second-order valence-electron chi connectivity index (χ2n) is 3.73. The van der Waals surface area contributed by atoms with Crippen molar-refractivity contribution in [3.8, 4) is 0 Å². The first kappa shape index (κ1) is 8.05. The Hall–Kier alpha value is -1.29. The van der Waals surface area contributed by atoms with Gasteiger partial charge >= 0.3 is 5.97 Å². The van der Waals surface area contributed by atoms with Crippen LogP contribution in [0.5, 0.6) is 0 Å². The van der Waals surface area contributed by atoms with E-state index in [9.17, 15) is 4.79 Å². The van der Waals surface area contributed by atoms with E-state index in [0.717, 1.165) is 24.8 Å². The standard InChI is InChI=1S/C10H11NO3/c12-10-9-7-3-1-2-4-8(7)14-11(9)5-6-13-10/h5-6,8H,1-4H2. The van der Waals surface area contributed by atoms with Gasteiger partial charge in [0.2, 0.25) is 0 Å². The predicted molar refractivity (Wildman–Crippen MR) is 47.4 cm³/mol. The average molecular weight is 193 g/mol. The molecule has 3 rings (SSSR count). The molecule has 1 unspecified atom stereocenters. The first-order valence-corrected chi connectivity index (χ1v) is 4.93. The Kier molecular flexibility index (Phi) is 1.64. The lowest BCUT2D eigenvalue weighted by atomic mass is 9.91. The highest BCUT2D eigenvalue weighted by molar-refractivity contribution is 5.90. The highest BCUT2D eigenvalue weighted by Crippen LogP contribution is 2.38. The molecule has 0 aromatic carbocycles. The van der Waals surface area contributed by atoms with Crippen LogP contribution in [0.1, 0.15) is 25.7 Å². The van der Waals surface area contributed by atoms with E-state index in [1.807, 2.05) is 0 Å². The zero-order valence-electron chi connectivity index (χ0n) is 7.73.